The summed E-state index contributed by atoms with van der Waals surface area (Å²) < 4.78 is 8.81. The van der Waals surface area contributed by atoms with E-state index in [9.17, 15) is 0 Å². The second-order valence-electron chi connectivity index (χ2n) is 6.18. The molecule has 1 aliphatic carbocycles. The summed E-state index contributed by atoms with van der Waals surface area (Å²) in [5.41, 5.74) is 10.7. The molecule has 2 aromatic heterocycles. The summed E-state index contributed by atoms with van der Waals surface area (Å²) in [7, 11) is 0.0930. The van der Waals surface area contributed by atoms with Crippen molar-refractivity contribution >= 4 is 38.8 Å². The molecule has 0 radical (unpaired) electrons. The number of nitrogens with two attached hydrogens (primary N) is 1. The van der Waals surface area contributed by atoms with E-state index in [1.807, 2.05) is 36.0 Å². The van der Waals surface area contributed by atoms with E-state index in [0.29, 0.717) is 11.2 Å². The van der Waals surface area contributed by atoms with Crippen LogP contribution in [0.3, 0.4) is 0 Å². The Kier molecular flexibility index (Phi) is 4.37. The molecule has 1 aliphatic heterocycles. The quantitative estimate of drug-likeness (QED) is 0.770. The van der Waals surface area contributed by atoms with Crippen molar-refractivity contribution in [2.24, 2.45) is 10.7 Å². The van der Waals surface area contributed by atoms with E-state index in [1.165, 1.54) is 0 Å². The van der Waals surface area contributed by atoms with Crippen LogP contribution in [-0.4, -0.2) is 33.0 Å². The van der Waals surface area contributed by atoms with E-state index in [1.54, 1.807) is 19.5 Å². The molecule has 0 bridgehead atoms. The van der Waals surface area contributed by atoms with Crippen molar-refractivity contribution in [3.05, 3.63) is 59.5 Å². The number of methoxy groups -OCH3 is 1. The minimum Gasteiger partial charge on any atom is -0.495 e. The zero-order valence-corrected chi connectivity index (χ0v) is 15.8. The molecule has 0 aromatic carbocycles. The highest BCUT2D eigenvalue weighted by molar-refractivity contribution is 8.46. The fourth-order valence-corrected chi connectivity index (χ4v) is 6.75. The van der Waals surface area contributed by atoms with Gasteiger partial charge in [0.15, 0.2) is 5.11 Å². The third-order valence-electron chi connectivity index (χ3n) is 4.51. The first kappa shape index (κ1) is 17.0. The van der Waals surface area contributed by atoms with E-state index < -0.39 is 10.2 Å². The van der Waals surface area contributed by atoms with Gasteiger partial charge in [0.1, 0.15) is 5.75 Å². The van der Waals surface area contributed by atoms with Crippen molar-refractivity contribution in [3.63, 3.8) is 0 Å². The number of nitrogens with zero attached hydrogens (tertiary/aromatic N) is 3. The van der Waals surface area contributed by atoms with Crippen LogP contribution in [0.15, 0.2) is 53.3 Å². The van der Waals surface area contributed by atoms with E-state index in [-0.39, 0.29) is 5.11 Å². The van der Waals surface area contributed by atoms with Crippen molar-refractivity contribution in [1.29, 1.82) is 0 Å². The fourth-order valence-electron chi connectivity index (χ4n) is 3.26. The van der Waals surface area contributed by atoms with Gasteiger partial charge in [0.25, 0.3) is 0 Å². The Balaban J connectivity index is 1.67. The summed E-state index contributed by atoms with van der Waals surface area (Å²) in [6, 6.07) is 7.73. The van der Waals surface area contributed by atoms with E-state index in [2.05, 4.69) is 25.1 Å². The standard InChI is InChI=1S/C18H19N5OS2/c1-24-15-5-3-7-21-17(15)13-8-16(13)26(23-18(19)25)10-14(22-11-26)12-4-2-6-20-9-12/h2-7,9-11,13,16H,8H2,1H3,(H3,19,23,25). The highest BCUT2D eigenvalue weighted by atomic mass is 32.3. The molecule has 26 heavy (non-hydrogen) atoms. The van der Waals surface area contributed by atoms with Crippen LogP contribution < -0.4 is 15.2 Å². The molecule has 3 atom stereocenters. The molecule has 1 saturated carbocycles. The molecule has 3 unspecified atom stereocenters. The molecular weight excluding hydrogens is 366 g/mol. The third kappa shape index (κ3) is 3.06. The number of nitrogens with one attached hydrogen (secondary N) is 1. The number of pyridine rings is 2. The average Bonchev–Trinajstić information content (AvgIpc) is 3.36. The van der Waals surface area contributed by atoms with Gasteiger partial charge in [0.05, 0.1) is 24.0 Å². The Morgan fingerprint density at radius 1 is 1.35 bits per heavy atom. The maximum atomic E-state index is 5.84. The first-order valence-corrected chi connectivity index (χ1v) is 10.4. The Morgan fingerprint density at radius 3 is 2.92 bits per heavy atom. The maximum absolute atomic E-state index is 5.84. The van der Waals surface area contributed by atoms with Gasteiger partial charge in [-0.2, -0.15) is 0 Å². The molecule has 0 amide bonds. The van der Waals surface area contributed by atoms with Crippen LogP contribution in [0.2, 0.25) is 0 Å². The molecule has 4 rings (SSSR count). The van der Waals surface area contributed by atoms with Crippen LogP contribution in [0.5, 0.6) is 5.75 Å². The lowest BCUT2D eigenvalue weighted by Crippen LogP contribution is -2.33. The largest absolute Gasteiger partial charge is 0.495 e. The molecule has 2 aliphatic rings. The number of thiocarbonyl (C=S) groups is 1. The summed E-state index contributed by atoms with van der Waals surface area (Å²) in [4.78, 5) is 13.4. The maximum Gasteiger partial charge on any atom is 0.173 e. The van der Waals surface area contributed by atoms with Gasteiger partial charge in [-0.3, -0.25) is 9.97 Å². The molecule has 6 nitrogen and oxygen atoms in total. The van der Waals surface area contributed by atoms with Gasteiger partial charge in [0.2, 0.25) is 0 Å². The molecule has 3 heterocycles. The van der Waals surface area contributed by atoms with Crippen LogP contribution in [0.1, 0.15) is 23.6 Å². The van der Waals surface area contributed by atoms with Gasteiger partial charge in [-0.15, -0.1) is 10.2 Å². The summed E-state index contributed by atoms with van der Waals surface area (Å²) in [5, 5.41) is 2.78. The normalized spacial score (nSPS) is 28.7. The smallest absolute Gasteiger partial charge is 0.173 e. The minimum atomic E-state index is -1.58. The number of aromatic nitrogens is 2. The van der Waals surface area contributed by atoms with Crippen LogP contribution >= 0.6 is 22.4 Å². The molecule has 3 N–H and O–H groups in total. The highest BCUT2D eigenvalue weighted by Gasteiger charge is 2.52. The molecule has 0 saturated heterocycles. The van der Waals surface area contributed by atoms with Gasteiger partial charge in [-0.25, -0.2) is 4.99 Å². The second kappa shape index (κ2) is 6.69. The van der Waals surface area contributed by atoms with Crippen molar-refractivity contribution in [3.8, 4) is 5.75 Å². The van der Waals surface area contributed by atoms with E-state index in [0.717, 1.165) is 29.1 Å². The number of hydrogen-bond acceptors (Lipinski definition) is 5. The van der Waals surface area contributed by atoms with Gasteiger partial charge in [-0.1, -0.05) is 0 Å². The number of rotatable bonds is 5. The summed E-state index contributed by atoms with van der Waals surface area (Å²) in [6.45, 7) is 0. The molecule has 1 fully saturated rings. The first-order chi connectivity index (χ1) is 12.6. The van der Waals surface area contributed by atoms with Crippen molar-refractivity contribution in [1.82, 2.24) is 14.7 Å². The topological polar surface area (TPSA) is 85.4 Å². The Hall–Kier alpha value is -2.45. The van der Waals surface area contributed by atoms with Gasteiger partial charge < -0.3 is 15.2 Å². The monoisotopic (exact) mass is 385 g/mol. The van der Waals surface area contributed by atoms with Crippen LogP contribution in [0, 0.1) is 0 Å². The molecular formula is C18H19N5OS2. The summed E-state index contributed by atoms with van der Waals surface area (Å²) in [5.74, 6) is 1.11. The van der Waals surface area contributed by atoms with Gasteiger partial charge in [0, 0.05) is 40.7 Å². The van der Waals surface area contributed by atoms with Crippen molar-refractivity contribution in [2.75, 3.05) is 7.11 Å². The summed E-state index contributed by atoms with van der Waals surface area (Å²) in [6.07, 6.45) is 6.35. The Morgan fingerprint density at radius 2 is 2.19 bits per heavy atom. The van der Waals surface area contributed by atoms with E-state index >= 15 is 0 Å². The lowest BCUT2D eigenvalue weighted by molar-refractivity contribution is 0.407. The second-order valence-corrected chi connectivity index (χ2v) is 9.40. The zero-order valence-electron chi connectivity index (χ0n) is 14.2. The summed E-state index contributed by atoms with van der Waals surface area (Å²) >= 11 is 5.15. The average molecular weight is 386 g/mol. The molecule has 0 spiro atoms. The number of aliphatic imine (C=N–C) groups is 1. The van der Waals surface area contributed by atoms with Crippen LogP contribution in [-0.2, 0) is 0 Å². The predicted molar refractivity (Wildman–Crippen MR) is 110 cm³/mol. The molecule has 134 valence electrons. The number of ether oxygens (including phenoxy) is 1. The minimum absolute atomic E-state index is 0.286. The van der Waals surface area contributed by atoms with Crippen molar-refractivity contribution in [2.45, 2.75) is 17.6 Å². The lowest BCUT2D eigenvalue weighted by atomic mass is 10.2. The fraction of sp³-hybridized carbons (Fsp3) is 0.222. The molecule has 2 aromatic rings. The zero-order chi connectivity index (χ0) is 18.1. The highest BCUT2D eigenvalue weighted by Crippen LogP contribution is 2.67. The van der Waals surface area contributed by atoms with Crippen LogP contribution in [0.25, 0.3) is 5.70 Å². The predicted octanol–water partition coefficient (Wildman–Crippen LogP) is 2.93. The Labute approximate surface area is 159 Å². The van der Waals surface area contributed by atoms with E-state index in [4.69, 9.17) is 22.7 Å². The Bertz CT molecular complexity index is 901. The lowest BCUT2D eigenvalue weighted by Gasteiger charge is -2.32. The number of hydrogen-bond donors (Lipinski definition) is 2. The third-order valence-corrected chi connectivity index (χ3v) is 7.91. The van der Waals surface area contributed by atoms with Gasteiger partial charge >= 0.3 is 0 Å². The van der Waals surface area contributed by atoms with Gasteiger partial charge in [-0.05, 0) is 42.9 Å². The van der Waals surface area contributed by atoms with Crippen molar-refractivity contribution < 1.29 is 4.74 Å². The molecule has 8 heteroatoms. The first-order valence-electron chi connectivity index (χ1n) is 8.17. The SMILES string of the molecule is COc1cccnc1C1CC1S1(NC(N)=S)C=NC(c2cccnc2)=C1. The van der Waals surface area contributed by atoms with Crippen LogP contribution in [0.4, 0.5) is 0 Å².